The van der Waals surface area contributed by atoms with E-state index in [1.54, 1.807) is 24.3 Å². The number of benzene rings is 1. The molecule has 0 unspecified atom stereocenters. The molecule has 0 aliphatic rings. The predicted octanol–water partition coefficient (Wildman–Crippen LogP) is 2.48. The minimum atomic E-state index is -0.267. The number of rotatable bonds is 6. The van der Waals surface area contributed by atoms with Crippen molar-refractivity contribution in [1.82, 2.24) is 5.32 Å². The van der Waals surface area contributed by atoms with E-state index in [1.165, 1.54) is 0 Å². The summed E-state index contributed by atoms with van der Waals surface area (Å²) in [5.74, 6) is 0. The quantitative estimate of drug-likeness (QED) is 0.697. The number of nitriles is 1. The van der Waals surface area contributed by atoms with Gasteiger partial charge in [-0.1, -0.05) is 13.8 Å². The van der Waals surface area contributed by atoms with Gasteiger partial charge in [0.25, 0.3) is 0 Å². The minimum absolute atomic E-state index is 0.106. The molecule has 0 heterocycles. The van der Waals surface area contributed by atoms with Crippen molar-refractivity contribution in [3.8, 4) is 6.07 Å². The SMILES string of the molecule is CC(C)(CO)CCCNC(=O)Nc1ccc(C#N)cc1. The number of hydrogen-bond donors (Lipinski definition) is 3. The fourth-order valence-corrected chi connectivity index (χ4v) is 1.65. The van der Waals surface area contributed by atoms with Gasteiger partial charge in [0.1, 0.15) is 0 Å². The Kier molecular flexibility index (Phi) is 6.01. The first kappa shape index (κ1) is 16.0. The zero-order valence-corrected chi connectivity index (χ0v) is 11.9. The molecule has 0 spiro atoms. The maximum absolute atomic E-state index is 11.6. The third-order valence-electron chi connectivity index (χ3n) is 3.02. The number of aliphatic hydroxyl groups is 1. The van der Waals surface area contributed by atoms with E-state index in [9.17, 15) is 4.79 Å². The zero-order valence-electron chi connectivity index (χ0n) is 11.9. The lowest BCUT2D eigenvalue weighted by atomic mass is 9.89. The zero-order chi connectivity index (χ0) is 15.0. The first-order chi connectivity index (χ1) is 9.46. The molecular formula is C15H21N3O2. The number of carbonyl (C=O) groups is 1. The fraction of sp³-hybridized carbons (Fsp3) is 0.467. The highest BCUT2D eigenvalue weighted by Gasteiger charge is 2.15. The van der Waals surface area contributed by atoms with E-state index in [-0.39, 0.29) is 18.1 Å². The van der Waals surface area contributed by atoms with Crippen LogP contribution in [-0.4, -0.2) is 24.3 Å². The third-order valence-corrected chi connectivity index (χ3v) is 3.02. The van der Waals surface area contributed by atoms with E-state index in [1.807, 2.05) is 19.9 Å². The van der Waals surface area contributed by atoms with Crippen LogP contribution in [0.5, 0.6) is 0 Å². The Labute approximate surface area is 119 Å². The van der Waals surface area contributed by atoms with Crippen molar-refractivity contribution in [3.63, 3.8) is 0 Å². The molecule has 0 aliphatic heterocycles. The number of hydrogen-bond acceptors (Lipinski definition) is 3. The van der Waals surface area contributed by atoms with Crippen molar-refractivity contribution < 1.29 is 9.90 Å². The molecule has 20 heavy (non-hydrogen) atoms. The molecule has 3 N–H and O–H groups in total. The van der Waals surface area contributed by atoms with Gasteiger partial charge in [-0.15, -0.1) is 0 Å². The van der Waals surface area contributed by atoms with Crippen molar-refractivity contribution in [2.45, 2.75) is 26.7 Å². The summed E-state index contributed by atoms with van der Waals surface area (Å²) in [4.78, 5) is 11.6. The molecule has 0 aliphatic carbocycles. The summed E-state index contributed by atoms with van der Waals surface area (Å²) in [6.45, 7) is 4.68. The van der Waals surface area contributed by atoms with Crippen LogP contribution in [0.15, 0.2) is 24.3 Å². The number of aliphatic hydroxyl groups excluding tert-OH is 1. The number of nitrogens with one attached hydrogen (secondary N) is 2. The van der Waals surface area contributed by atoms with Gasteiger partial charge in [-0.2, -0.15) is 5.26 Å². The molecule has 108 valence electrons. The van der Waals surface area contributed by atoms with Gasteiger partial charge in [0.05, 0.1) is 11.6 Å². The highest BCUT2D eigenvalue weighted by molar-refractivity contribution is 5.89. The molecule has 2 amide bonds. The molecule has 1 aromatic carbocycles. The Morgan fingerprint density at radius 2 is 2.00 bits per heavy atom. The number of carbonyl (C=O) groups excluding carboxylic acids is 1. The van der Waals surface area contributed by atoms with Crippen LogP contribution in [0.2, 0.25) is 0 Å². The number of urea groups is 1. The molecule has 0 radical (unpaired) electrons. The fourth-order valence-electron chi connectivity index (χ4n) is 1.65. The van der Waals surface area contributed by atoms with Crippen LogP contribution >= 0.6 is 0 Å². The summed E-state index contributed by atoms with van der Waals surface area (Å²) in [7, 11) is 0. The van der Waals surface area contributed by atoms with Crippen LogP contribution in [-0.2, 0) is 0 Å². The van der Waals surface area contributed by atoms with Crippen molar-refractivity contribution in [2.75, 3.05) is 18.5 Å². The second kappa shape index (κ2) is 7.51. The molecule has 0 atom stereocenters. The van der Waals surface area contributed by atoms with Gasteiger partial charge in [0.2, 0.25) is 0 Å². The normalized spacial score (nSPS) is 10.7. The van der Waals surface area contributed by atoms with E-state index in [4.69, 9.17) is 10.4 Å². The van der Waals surface area contributed by atoms with E-state index in [2.05, 4.69) is 10.6 Å². The van der Waals surface area contributed by atoms with Crippen molar-refractivity contribution in [2.24, 2.45) is 5.41 Å². The number of anilines is 1. The predicted molar refractivity (Wildman–Crippen MR) is 78.3 cm³/mol. The van der Waals surface area contributed by atoms with Crippen LogP contribution < -0.4 is 10.6 Å². The molecule has 0 saturated carbocycles. The summed E-state index contributed by atoms with van der Waals surface area (Å²) >= 11 is 0. The highest BCUT2D eigenvalue weighted by atomic mass is 16.3. The van der Waals surface area contributed by atoms with Gasteiger partial charge in [-0.05, 0) is 42.5 Å². The molecule has 1 aromatic rings. The molecule has 0 saturated heterocycles. The Morgan fingerprint density at radius 1 is 1.35 bits per heavy atom. The smallest absolute Gasteiger partial charge is 0.319 e. The monoisotopic (exact) mass is 275 g/mol. The molecule has 1 rings (SSSR count). The Bertz CT molecular complexity index is 475. The molecule has 0 fully saturated rings. The van der Waals surface area contributed by atoms with Crippen LogP contribution in [0, 0.1) is 16.7 Å². The number of nitrogens with zero attached hydrogens (tertiary/aromatic N) is 1. The van der Waals surface area contributed by atoms with Crippen LogP contribution in [0.3, 0.4) is 0 Å². The van der Waals surface area contributed by atoms with Crippen LogP contribution in [0.25, 0.3) is 0 Å². The summed E-state index contributed by atoms with van der Waals surface area (Å²) in [5.41, 5.74) is 1.10. The third kappa shape index (κ3) is 5.72. The average Bonchev–Trinajstić information content (AvgIpc) is 2.44. The van der Waals surface area contributed by atoms with Gasteiger partial charge < -0.3 is 15.7 Å². The topological polar surface area (TPSA) is 85.2 Å². The lowest BCUT2D eigenvalue weighted by Gasteiger charge is -2.21. The van der Waals surface area contributed by atoms with Gasteiger partial charge in [0, 0.05) is 18.8 Å². The lowest BCUT2D eigenvalue weighted by Crippen LogP contribution is -2.30. The van der Waals surface area contributed by atoms with Crippen LogP contribution in [0.1, 0.15) is 32.3 Å². The minimum Gasteiger partial charge on any atom is -0.396 e. The molecule has 0 bridgehead atoms. The second-order valence-corrected chi connectivity index (χ2v) is 5.50. The summed E-state index contributed by atoms with van der Waals surface area (Å²) in [5, 5.41) is 23.2. The maximum Gasteiger partial charge on any atom is 0.319 e. The molecular weight excluding hydrogens is 254 g/mol. The Hall–Kier alpha value is -2.06. The van der Waals surface area contributed by atoms with E-state index in [0.29, 0.717) is 17.8 Å². The van der Waals surface area contributed by atoms with Crippen molar-refractivity contribution >= 4 is 11.7 Å². The Morgan fingerprint density at radius 3 is 2.55 bits per heavy atom. The summed E-state index contributed by atoms with van der Waals surface area (Å²) in [6.07, 6.45) is 1.66. The Balaban J connectivity index is 2.28. The van der Waals surface area contributed by atoms with E-state index >= 15 is 0 Å². The van der Waals surface area contributed by atoms with Gasteiger partial charge in [-0.3, -0.25) is 0 Å². The first-order valence-electron chi connectivity index (χ1n) is 6.63. The molecule has 5 heteroatoms. The van der Waals surface area contributed by atoms with Crippen molar-refractivity contribution in [1.29, 1.82) is 5.26 Å². The molecule has 0 aromatic heterocycles. The van der Waals surface area contributed by atoms with Gasteiger partial charge >= 0.3 is 6.03 Å². The van der Waals surface area contributed by atoms with Crippen LogP contribution in [0.4, 0.5) is 10.5 Å². The number of amides is 2. The first-order valence-corrected chi connectivity index (χ1v) is 6.63. The molecule has 5 nitrogen and oxygen atoms in total. The largest absolute Gasteiger partial charge is 0.396 e. The maximum atomic E-state index is 11.6. The second-order valence-electron chi connectivity index (χ2n) is 5.50. The standard InChI is InChI=1S/C15H21N3O2/c1-15(2,11-19)8-3-9-17-14(20)18-13-6-4-12(10-16)5-7-13/h4-7,19H,3,8-9,11H2,1-2H3,(H2,17,18,20). The van der Waals surface area contributed by atoms with Gasteiger partial charge in [0.15, 0.2) is 0 Å². The van der Waals surface area contributed by atoms with Gasteiger partial charge in [-0.25, -0.2) is 4.79 Å². The lowest BCUT2D eigenvalue weighted by molar-refractivity contribution is 0.148. The summed E-state index contributed by atoms with van der Waals surface area (Å²) in [6, 6.07) is 8.43. The van der Waals surface area contributed by atoms with Crippen molar-refractivity contribution in [3.05, 3.63) is 29.8 Å². The summed E-state index contributed by atoms with van der Waals surface area (Å²) < 4.78 is 0. The van der Waals surface area contributed by atoms with E-state index in [0.717, 1.165) is 12.8 Å². The van der Waals surface area contributed by atoms with E-state index < -0.39 is 0 Å². The average molecular weight is 275 g/mol. The highest BCUT2D eigenvalue weighted by Crippen LogP contribution is 2.20.